The van der Waals surface area contributed by atoms with E-state index in [9.17, 15) is 5.11 Å². The van der Waals surface area contributed by atoms with Crippen molar-refractivity contribution in [1.82, 2.24) is 10.6 Å². The Balaban J connectivity index is 1.89. The lowest BCUT2D eigenvalue weighted by Crippen LogP contribution is -2.38. The van der Waals surface area contributed by atoms with Gasteiger partial charge in [-0.15, -0.1) is 0 Å². The maximum Gasteiger partial charge on any atom is 0.191 e. The molecule has 2 aromatic rings. The van der Waals surface area contributed by atoms with Gasteiger partial charge in [0.25, 0.3) is 0 Å². The van der Waals surface area contributed by atoms with Crippen LogP contribution in [0.25, 0.3) is 0 Å². The van der Waals surface area contributed by atoms with Crippen molar-refractivity contribution in [3.63, 3.8) is 0 Å². The van der Waals surface area contributed by atoms with Crippen LogP contribution in [-0.4, -0.2) is 31.3 Å². The molecule has 0 aromatic heterocycles. The van der Waals surface area contributed by atoms with Crippen LogP contribution in [0.3, 0.4) is 0 Å². The van der Waals surface area contributed by atoms with E-state index in [0.29, 0.717) is 12.3 Å². The van der Waals surface area contributed by atoms with E-state index in [1.165, 1.54) is 5.56 Å². The molecule has 5 heteroatoms. The number of phenolic OH excluding ortho intramolecular Hbond substituents is 1. The number of hydrogen-bond acceptors (Lipinski definition) is 3. The molecule has 0 spiro atoms. The summed E-state index contributed by atoms with van der Waals surface area (Å²) >= 11 is 0. The number of rotatable bonds is 7. The fourth-order valence-corrected chi connectivity index (χ4v) is 2.30. The van der Waals surface area contributed by atoms with E-state index in [0.717, 1.165) is 31.0 Å². The molecule has 0 amide bonds. The third-order valence-electron chi connectivity index (χ3n) is 3.56. The minimum atomic E-state index is 0.159. The summed E-state index contributed by atoms with van der Waals surface area (Å²) < 4.78 is 5.13. The number of benzene rings is 2. The van der Waals surface area contributed by atoms with Crippen LogP contribution in [-0.2, 0) is 13.0 Å². The zero-order valence-corrected chi connectivity index (χ0v) is 14.2. The molecule has 0 heterocycles. The molecule has 0 aliphatic carbocycles. The summed E-state index contributed by atoms with van der Waals surface area (Å²) in [5.74, 6) is 1.45. The second-order valence-electron chi connectivity index (χ2n) is 5.36. The molecule has 0 saturated heterocycles. The van der Waals surface area contributed by atoms with Gasteiger partial charge in [0, 0.05) is 13.1 Å². The zero-order valence-electron chi connectivity index (χ0n) is 14.2. The molecule has 0 aliphatic rings. The van der Waals surface area contributed by atoms with Crippen LogP contribution in [0.1, 0.15) is 18.1 Å². The van der Waals surface area contributed by atoms with Crippen LogP contribution in [0.2, 0.25) is 0 Å². The number of nitrogens with zero attached hydrogens (tertiary/aromatic N) is 1. The number of nitrogens with one attached hydrogen (secondary N) is 2. The summed E-state index contributed by atoms with van der Waals surface area (Å²) in [4.78, 5) is 4.59. The molecular formula is C19H25N3O2. The molecule has 3 N–H and O–H groups in total. The molecule has 0 radical (unpaired) electrons. The van der Waals surface area contributed by atoms with Crippen molar-refractivity contribution >= 4 is 5.96 Å². The first-order valence-corrected chi connectivity index (χ1v) is 8.15. The number of phenols is 1. The van der Waals surface area contributed by atoms with Gasteiger partial charge in [0.1, 0.15) is 0 Å². The van der Waals surface area contributed by atoms with Gasteiger partial charge in [0.05, 0.1) is 13.7 Å². The molecule has 24 heavy (non-hydrogen) atoms. The molecule has 0 saturated carbocycles. The Labute approximate surface area is 143 Å². The Morgan fingerprint density at radius 1 is 1.08 bits per heavy atom. The Hall–Kier alpha value is -2.69. The summed E-state index contributed by atoms with van der Waals surface area (Å²) in [5, 5.41) is 16.2. The molecule has 2 aromatic carbocycles. The fourth-order valence-electron chi connectivity index (χ4n) is 2.30. The molecule has 128 valence electrons. The zero-order chi connectivity index (χ0) is 17.2. The molecular weight excluding hydrogens is 302 g/mol. The number of methoxy groups -OCH3 is 1. The monoisotopic (exact) mass is 327 g/mol. The highest BCUT2D eigenvalue weighted by Crippen LogP contribution is 2.26. The molecule has 2 rings (SSSR count). The van der Waals surface area contributed by atoms with Crippen LogP contribution in [0, 0.1) is 0 Å². The van der Waals surface area contributed by atoms with Gasteiger partial charge in [-0.1, -0.05) is 36.4 Å². The van der Waals surface area contributed by atoms with E-state index in [1.807, 2.05) is 37.3 Å². The standard InChI is InChI=1S/C19H25N3O2/c1-3-20-19(22-14-16-7-5-4-6-8-16)21-12-11-15-9-10-17(23)18(13-15)24-2/h4-10,13,23H,3,11-12,14H2,1-2H3,(H2,20,21,22). The Morgan fingerprint density at radius 2 is 1.88 bits per heavy atom. The fraction of sp³-hybridized carbons (Fsp3) is 0.316. The SMILES string of the molecule is CCNC(=NCc1ccccc1)NCCc1ccc(O)c(OC)c1. The first-order chi connectivity index (χ1) is 11.7. The van der Waals surface area contributed by atoms with Crippen molar-refractivity contribution in [1.29, 1.82) is 0 Å². The van der Waals surface area contributed by atoms with E-state index < -0.39 is 0 Å². The minimum absolute atomic E-state index is 0.159. The average molecular weight is 327 g/mol. The van der Waals surface area contributed by atoms with E-state index in [4.69, 9.17) is 4.74 Å². The highest BCUT2D eigenvalue weighted by atomic mass is 16.5. The van der Waals surface area contributed by atoms with Crippen molar-refractivity contribution in [2.45, 2.75) is 19.9 Å². The highest BCUT2D eigenvalue weighted by Gasteiger charge is 2.03. The number of guanidine groups is 1. The Morgan fingerprint density at radius 3 is 2.58 bits per heavy atom. The normalized spacial score (nSPS) is 11.2. The van der Waals surface area contributed by atoms with Crippen LogP contribution >= 0.6 is 0 Å². The van der Waals surface area contributed by atoms with Crippen molar-refractivity contribution < 1.29 is 9.84 Å². The van der Waals surface area contributed by atoms with Crippen molar-refractivity contribution in [2.24, 2.45) is 4.99 Å². The summed E-state index contributed by atoms with van der Waals surface area (Å²) in [6, 6.07) is 15.6. The van der Waals surface area contributed by atoms with Crippen molar-refractivity contribution in [3.8, 4) is 11.5 Å². The third kappa shape index (κ3) is 5.50. The molecule has 0 atom stereocenters. The van der Waals surface area contributed by atoms with Gasteiger partial charge in [0.2, 0.25) is 0 Å². The van der Waals surface area contributed by atoms with E-state index in [2.05, 4.69) is 27.8 Å². The number of aliphatic imine (C=N–C) groups is 1. The van der Waals surface area contributed by atoms with E-state index >= 15 is 0 Å². The highest BCUT2D eigenvalue weighted by molar-refractivity contribution is 5.79. The molecule has 5 nitrogen and oxygen atoms in total. The Bertz CT molecular complexity index is 657. The van der Waals surface area contributed by atoms with Gasteiger partial charge in [-0.05, 0) is 36.6 Å². The second kappa shape index (κ2) is 9.45. The summed E-state index contributed by atoms with van der Waals surface area (Å²) in [5.41, 5.74) is 2.27. The van der Waals surface area contributed by atoms with Crippen molar-refractivity contribution in [2.75, 3.05) is 20.2 Å². The summed E-state index contributed by atoms with van der Waals surface area (Å²) in [6.07, 6.45) is 0.812. The third-order valence-corrected chi connectivity index (χ3v) is 3.56. The van der Waals surface area contributed by atoms with Gasteiger partial charge in [0.15, 0.2) is 17.5 Å². The molecule has 0 unspecified atom stereocenters. The molecule has 0 aliphatic heterocycles. The van der Waals surface area contributed by atoms with Gasteiger partial charge in [-0.2, -0.15) is 0 Å². The predicted molar refractivity (Wildman–Crippen MR) is 97.6 cm³/mol. The van der Waals surface area contributed by atoms with Gasteiger partial charge < -0.3 is 20.5 Å². The van der Waals surface area contributed by atoms with Gasteiger partial charge >= 0.3 is 0 Å². The number of ether oxygens (including phenoxy) is 1. The molecule has 0 fully saturated rings. The predicted octanol–water partition coefficient (Wildman–Crippen LogP) is 2.70. The lowest BCUT2D eigenvalue weighted by molar-refractivity contribution is 0.373. The number of aromatic hydroxyl groups is 1. The maximum absolute atomic E-state index is 9.63. The van der Waals surface area contributed by atoms with E-state index in [-0.39, 0.29) is 5.75 Å². The first kappa shape index (κ1) is 17.7. The smallest absolute Gasteiger partial charge is 0.191 e. The minimum Gasteiger partial charge on any atom is -0.504 e. The summed E-state index contributed by atoms with van der Waals surface area (Å²) in [7, 11) is 1.55. The first-order valence-electron chi connectivity index (χ1n) is 8.15. The van der Waals surface area contributed by atoms with Crippen LogP contribution in [0.4, 0.5) is 0 Å². The average Bonchev–Trinajstić information content (AvgIpc) is 2.62. The largest absolute Gasteiger partial charge is 0.504 e. The lowest BCUT2D eigenvalue weighted by Gasteiger charge is -2.12. The number of hydrogen-bond donors (Lipinski definition) is 3. The van der Waals surface area contributed by atoms with Crippen molar-refractivity contribution in [3.05, 3.63) is 59.7 Å². The maximum atomic E-state index is 9.63. The summed E-state index contributed by atoms with van der Waals surface area (Å²) in [6.45, 7) is 4.25. The second-order valence-corrected chi connectivity index (χ2v) is 5.36. The Kier molecular flexibility index (Phi) is 6.95. The van der Waals surface area contributed by atoms with Crippen LogP contribution < -0.4 is 15.4 Å². The molecule has 0 bridgehead atoms. The topological polar surface area (TPSA) is 65.9 Å². The van der Waals surface area contributed by atoms with Gasteiger partial charge in [-0.25, -0.2) is 4.99 Å². The lowest BCUT2D eigenvalue weighted by atomic mass is 10.1. The van der Waals surface area contributed by atoms with Crippen LogP contribution in [0.15, 0.2) is 53.5 Å². The quantitative estimate of drug-likeness (QED) is 0.540. The van der Waals surface area contributed by atoms with Gasteiger partial charge in [-0.3, -0.25) is 0 Å². The van der Waals surface area contributed by atoms with E-state index in [1.54, 1.807) is 13.2 Å². The van der Waals surface area contributed by atoms with Crippen LogP contribution in [0.5, 0.6) is 11.5 Å².